The molecule has 0 fully saturated rings. The summed E-state index contributed by atoms with van der Waals surface area (Å²) in [6.07, 6.45) is 0. The van der Waals surface area contributed by atoms with Crippen molar-refractivity contribution >= 4 is 15.9 Å². The zero-order valence-electron chi connectivity index (χ0n) is 12.1. The molecule has 2 aromatic rings. The van der Waals surface area contributed by atoms with Gasteiger partial charge in [0.25, 0.3) is 0 Å². The van der Waals surface area contributed by atoms with E-state index in [9.17, 15) is 0 Å². The zero-order chi connectivity index (χ0) is 14.4. The minimum atomic E-state index is 0.902. The van der Waals surface area contributed by atoms with Crippen molar-refractivity contribution < 1.29 is 0 Å². The summed E-state index contributed by atoms with van der Waals surface area (Å²) in [6, 6.07) is 17.2. The summed E-state index contributed by atoms with van der Waals surface area (Å²) in [5.74, 6) is 0. The predicted octanol–water partition coefficient (Wildman–Crippen LogP) is 3.80. The number of hydrogen-bond acceptors (Lipinski definition) is 2. The summed E-state index contributed by atoms with van der Waals surface area (Å²) in [5, 5.41) is 3.17. The lowest BCUT2D eigenvalue weighted by Gasteiger charge is -2.18. The van der Waals surface area contributed by atoms with E-state index in [1.165, 1.54) is 21.2 Å². The normalized spacial score (nSPS) is 11.0. The summed E-state index contributed by atoms with van der Waals surface area (Å²) in [6.45, 7) is 2.81. The molecule has 0 unspecified atom stereocenters. The molecule has 0 radical (unpaired) electrons. The van der Waals surface area contributed by atoms with Crippen LogP contribution in [-0.2, 0) is 19.6 Å². The van der Waals surface area contributed by atoms with Gasteiger partial charge in [-0.1, -0.05) is 58.4 Å². The van der Waals surface area contributed by atoms with Gasteiger partial charge in [-0.2, -0.15) is 0 Å². The third kappa shape index (κ3) is 4.44. The topological polar surface area (TPSA) is 15.3 Å². The van der Waals surface area contributed by atoms with Crippen LogP contribution in [0.2, 0.25) is 0 Å². The van der Waals surface area contributed by atoms with Crippen LogP contribution in [0.5, 0.6) is 0 Å². The van der Waals surface area contributed by atoms with E-state index >= 15 is 0 Å². The maximum absolute atomic E-state index is 3.68. The smallest absolute Gasteiger partial charge is 0.0245 e. The second-order valence-electron chi connectivity index (χ2n) is 5.11. The van der Waals surface area contributed by atoms with Crippen LogP contribution in [0.4, 0.5) is 0 Å². The van der Waals surface area contributed by atoms with Crippen molar-refractivity contribution in [2.45, 2.75) is 19.6 Å². The molecule has 2 nitrogen and oxygen atoms in total. The van der Waals surface area contributed by atoms with Gasteiger partial charge in [-0.25, -0.2) is 0 Å². The van der Waals surface area contributed by atoms with Crippen molar-refractivity contribution in [3.63, 3.8) is 0 Å². The van der Waals surface area contributed by atoms with Gasteiger partial charge < -0.3 is 5.32 Å². The van der Waals surface area contributed by atoms with Crippen LogP contribution in [0.25, 0.3) is 0 Å². The quantitative estimate of drug-likeness (QED) is 0.865. The minimum absolute atomic E-state index is 0.902. The van der Waals surface area contributed by atoms with Crippen LogP contribution in [-0.4, -0.2) is 19.0 Å². The van der Waals surface area contributed by atoms with Gasteiger partial charge in [0.2, 0.25) is 0 Å². The Kier molecular flexibility index (Phi) is 5.77. The van der Waals surface area contributed by atoms with Crippen LogP contribution in [0.3, 0.4) is 0 Å². The minimum Gasteiger partial charge on any atom is -0.316 e. The zero-order valence-corrected chi connectivity index (χ0v) is 13.7. The van der Waals surface area contributed by atoms with Gasteiger partial charge >= 0.3 is 0 Å². The number of halogens is 1. The predicted molar refractivity (Wildman–Crippen MR) is 88.5 cm³/mol. The van der Waals surface area contributed by atoms with Gasteiger partial charge in [-0.15, -0.1) is 0 Å². The number of rotatable bonds is 6. The Labute approximate surface area is 129 Å². The third-order valence-corrected chi connectivity index (χ3v) is 3.97. The van der Waals surface area contributed by atoms with Gasteiger partial charge in [0, 0.05) is 24.1 Å². The summed E-state index contributed by atoms with van der Waals surface area (Å²) < 4.78 is 1.19. The van der Waals surface area contributed by atoms with Crippen molar-refractivity contribution in [1.82, 2.24) is 10.2 Å². The third-order valence-electron chi connectivity index (χ3n) is 3.23. The number of nitrogens with one attached hydrogen (secondary N) is 1. The maximum Gasteiger partial charge on any atom is 0.0245 e. The first kappa shape index (κ1) is 15.2. The first-order chi connectivity index (χ1) is 9.69. The highest BCUT2D eigenvalue weighted by Gasteiger charge is 2.06. The van der Waals surface area contributed by atoms with Crippen molar-refractivity contribution in [3.8, 4) is 0 Å². The Morgan fingerprint density at radius 2 is 1.75 bits per heavy atom. The molecule has 20 heavy (non-hydrogen) atoms. The van der Waals surface area contributed by atoms with Crippen molar-refractivity contribution in [2.75, 3.05) is 14.1 Å². The standard InChI is InChI=1S/C17H21BrN2/c1-19-11-15-8-9-16(17(18)10-15)13-20(2)12-14-6-4-3-5-7-14/h3-10,19H,11-13H2,1-2H3. The SMILES string of the molecule is CNCc1ccc(CN(C)Cc2ccccc2)c(Br)c1. The molecule has 0 aliphatic rings. The summed E-state index contributed by atoms with van der Waals surface area (Å²) in [4.78, 5) is 2.33. The molecule has 106 valence electrons. The van der Waals surface area contributed by atoms with Crippen LogP contribution >= 0.6 is 15.9 Å². The molecule has 2 aromatic carbocycles. The Morgan fingerprint density at radius 1 is 1.00 bits per heavy atom. The summed E-state index contributed by atoms with van der Waals surface area (Å²) in [5.41, 5.74) is 3.97. The highest BCUT2D eigenvalue weighted by Crippen LogP contribution is 2.20. The number of benzene rings is 2. The van der Waals surface area contributed by atoms with E-state index in [-0.39, 0.29) is 0 Å². The first-order valence-corrected chi connectivity index (χ1v) is 7.62. The van der Waals surface area contributed by atoms with Gasteiger partial charge in [0.15, 0.2) is 0 Å². The first-order valence-electron chi connectivity index (χ1n) is 6.83. The highest BCUT2D eigenvalue weighted by atomic mass is 79.9. The molecular formula is C17H21BrN2. The average Bonchev–Trinajstić information content (AvgIpc) is 2.43. The number of nitrogens with zero attached hydrogens (tertiary/aromatic N) is 1. The summed E-state index contributed by atoms with van der Waals surface area (Å²) >= 11 is 3.68. The van der Waals surface area contributed by atoms with E-state index < -0.39 is 0 Å². The summed E-state index contributed by atoms with van der Waals surface area (Å²) in [7, 11) is 4.12. The molecule has 0 heterocycles. The fraction of sp³-hybridized carbons (Fsp3) is 0.294. The van der Waals surface area contributed by atoms with E-state index in [4.69, 9.17) is 0 Å². The molecule has 0 saturated carbocycles. The Morgan fingerprint density at radius 3 is 2.40 bits per heavy atom. The van der Waals surface area contributed by atoms with Crippen LogP contribution < -0.4 is 5.32 Å². The molecule has 2 rings (SSSR count). The van der Waals surface area contributed by atoms with E-state index in [2.05, 4.69) is 81.7 Å². The molecule has 0 aliphatic carbocycles. The monoisotopic (exact) mass is 332 g/mol. The molecule has 0 aliphatic heterocycles. The van der Waals surface area contributed by atoms with E-state index in [0.717, 1.165) is 19.6 Å². The molecule has 0 saturated heterocycles. The number of hydrogen-bond donors (Lipinski definition) is 1. The molecule has 0 atom stereocenters. The lowest BCUT2D eigenvalue weighted by atomic mass is 10.1. The lowest BCUT2D eigenvalue weighted by Crippen LogP contribution is -2.17. The van der Waals surface area contributed by atoms with E-state index in [0.29, 0.717) is 0 Å². The van der Waals surface area contributed by atoms with Crippen LogP contribution in [0, 0.1) is 0 Å². The van der Waals surface area contributed by atoms with E-state index in [1.807, 2.05) is 7.05 Å². The molecule has 0 aromatic heterocycles. The van der Waals surface area contributed by atoms with Gasteiger partial charge in [0.05, 0.1) is 0 Å². The molecule has 3 heteroatoms. The van der Waals surface area contributed by atoms with E-state index in [1.54, 1.807) is 0 Å². The molecular weight excluding hydrogens is 312 g/mol. The van der Waals surface area contributed by atoms with Crippen molar-refractivity contribution in [3.05, 3.63) is 69.7 Å². The largest absolute Gasteiger partial charge is 0.316 e. The van der Waals surface area contributed by atoms with Crippen molar-refractivity contribution in [2.24, 2.45) is 0 Å². The second-order valence-corrected chi connectivity index (χ2v) is 5.97. The average molecular weight is 333 g/mol. The Balaban J connectivity index is 1.99. The Hall–Kier alpha value is -1.16. The highest BCUT2D eigenvalue weighted by molar-refractivity contribution is 9.10. The van der Waals surface area contributed by atoms with Gasteiger partial charge in [-0.3, -0.25) is 4.90 Å². The maximum atomic E-state index is 3.68. The van der Waals surface area contributed by atoms with Crippen LogP contribution in [0.1, 0.15) is 16.7 Å². The van der Waals surface area contributed by atoms with Gasteiger partial charge in [-0.05, 0) is 36.9 Å². The van der Waals surface area contributed by atoms with Gasteiger partial charge in [0.1, 0.15) is 0 Å². The molecule has 1 N–H and O–H groups in total. The fourth-order valence-electron chi connectivity index (χ4n) is 2.27. The van der Waals surface area contributed by atoms with Crippen molar-refractivity contribution in [1.29, 1.82) is 0 Å². The Bertz CT molecular complexity index is 540. The second kappa shape index (κ2) is 7.58. The molecule has 0 bridgehead atoms. The van der Waals surface area contributed by atoms with Crippen LogP contribution in [0.15, 0.2) is 53.0 Å². The molecule has 0 amide bonds. The molecule has 0 spiro atoms. The fourth-order valence-corrected chi connectivity index (χ4v) is 2.83. The lowest BCUT2D eigenvalue weighted by molar-refractivity contribution is 0.318.